The molecule has 1 amide bonds. The predicted octanol–water partition coefficient (Wildman–Crippen LogP) is 1.94. The van der Waals surface area contributed by atoms with Gasteiger partial charge in [-0.05, 0) is 56.2 Å². The number of benzene rings is 2. The molecule has 30 heavy (non-hydrogen) atoms. The Bertz CT molecular complexity index is 1080. The summed E-state index contributed by atoms with van der Waals surface area (Å²) in [6.07, 6.45) is 0.457. The van der Waals surface area contributed by atoms with E-state index in [9.17, 15) is 15.0 Å². The van der Waals surface area contributed by atoms with Gasteiger partial charge in [0.05, 0.1) is 11.0 Å². The summed E-state index contributed by atoms with van der Waals surface area (Å²) < 4.78 is 2.09. The minimum atomic E-state index is -0.947. The zero-order valence-corrected chi connectivity index (χ0v) is 17.0. The Hall–Kier alpha value is -2.74. The second-order valence-electron chi connectivity index (χ2n) is 8.34. The number of imidazole rings is 1. The molecule has 2 aliphatic rings. The fraction of sp³-hybridized carbons (Fsp3) is 0.391. The number of hydrogen-bond acceptors (Lipinski definition) is 5. The number of fused-ring (bicyclic) bond motifs is 1. The van der Waals surface area contributed by atoms with Gasteiger partial charge in [-0.25, -0.2) is 4.98 Å². The molecule has 2 aromatic carbocycles. The summed E-state index contributed by atoms with van der Waals surface area (Å²) in [6, 6.07) is 15.6. The summed E-state index contributed by atoms with van der Waals surface area (Å²) in [6.45, 7) is 4.18. The molecule has 1 aliphatic heterocycles. The highest BCUT2D eigenvalue weighted by atomic mass is 16.4. The summed E-state index contributed by atoms with van der Waals surface area (Å²) in [5.41, 5.74) is 2.67. The van der Waals surface area contributed by atoms with E-state index in [1.54, 1.807) is 0 Å². The van der Waals surface area contributed by atoms with Crippen molar-refractivity contribution < 1.29 is 15.0 Å². The highest BCUT2D eigenvalue weighted by molar-refractivity contribution is 5.94. The van der Waals surface area contributed by atoms with E-state index in [4.69, 9.17) is 0 Å². The van der Waals surface area contributed by atoms with Crippen molar-refractivity contribution in [2.75, 3.05) is 26.2 Å². The first kappa shape index (κ1) is 19.2. The molecular weight excluding hydrogens is 380 g/mol. The van der Waals surface area contributed by atoms with E-state index in [-0.39, 0.29) is 5.91 Å². The molecule has 5 rings (SSSR count). The summed E-state index contributed by atoms with van der Waals surface area (Å²) in [4.78, 5) is 21.2. The van der Waals surface area contributed by atoms with Crippen molar-refractivity contribution in [1.29, 1.82) is 0 Å². The molecule has 2 fully saturated rings. The molecule has 1 atom stereocenters. The Balaban J connectivity index is 1.29. The van der Waals surface area contributed by atoms with Gasteiger partial charge in [-0.1, -0.05) is 12.1 Å². The summed E-state index contributed by atoms with van der Waals surface area (Å²) >= 11 is 0. The quantitative estimate of drug-likeness (QED) is 0.692. The number of aliphatic hydroxyl groups is 2. The van der Waals surface area contributed by atoms with Crippen LogP contribution in [0.2, 0.25) is 0 Å². The van der Waals surface area contributed by atoms with E-state index in [0.29, 0.717) is 44.6 Å². The third-order valence-corrected chi connectivity index (χ3v) is 6.29. The predicted molar refractivity (Wildman–Crippen MR) is 113 cm³/mol. The van der Waals surface area contributed by atoms with Crippen LogP contribution in [0.3, 0.4) is 0 Å². The molecule has 156 valence electrons. The SMILES string of the molecule is Cc1nc2ccccc2n1-c1ccc(C(=O)N2CCN(C(O)C3(O)CC3)CC2)cc1. The zero-order chi connectivity index (χ0) is 20.9. The van der Waals surface area contributed by atoms with Gasteiger partial charge < -0.3 is 15.1 Å². The van der Waals surface area contributed by atoms with Crippen LogP contribution in [0.4, 0.5) is 0 Å². The Morgan fingerprint density at radius 2 is 1.70 bits per heavy atom. The molecule has 7 heteroatoms. The summed E-state index contributed by atoms with van der Waals surface area (Å²) in [5, 5.41) is 20.4. The van der Waals surface area contributed by atoms with E-state index < -0.39 is 11.8 Å². The lowest BCUT2D eigenvalue weighted by atomic mass is 10.1. The molecule has 1 aromatic heterocycles. The van der Waals surface area contributed by atoms with Crippen LogP contribution >= 0.6 is 0 Å². The third-order valence-electron chi connectivity index (χ3n) is 6.29. The normalized spacial score (nSPS) is 19.8. The number of nitrogens with zero attached hydrogens (tertiary/aromatic N) is 4. The Kier molecular flexibility index (Phi) is 4.61. The molecule has 0 spiro atoms. The Labute approximate surface area is 175 Å². The van der Waals surface area contributed by atoms with E-state index in [1.807, 2.05) is 65.3 Å². The number of amides is 1. The van der Waals surface area contributed by atoms with Crippen LogP contribution in [0.5, 0.6) is 0 Å². The van der Waals surface area contributed by atoms with Crippen LogP contribution in [0, 0.1) is 6.92 Å². The van der Waals surface area contributed by atoms with Gasteiger partial charge in [-0.15, -0.1) is 0 Å². The molecular formula is C23H26N4O3. The molecule has 2 heterocycles. The van der Waals surface area contributed by atoms with E-state index in [1.165, 1.54) is 0 Å². The topological polar surface area (TPSA) is 81.8 Å². The fourth-order valence-corrected chi connectivity index (χ4v) is 4.30. The number of hydrogen-bond donors (Lipinski definition) is 2. The monoisotopic (exact) mass is 406 g/mol. The first-order valence-corrected chi connectivity index (χ1v) is 10.4. The van der Waals surface area contributed by atoms with E-state index in [2.05, 4.69) is 9.55 Å². The lowest BCUT2D eigenvalue weighted by Gasteiger charge is -2.38. The molecule has 0 bridgehead atoms. The van der Waals surface area contributed by atoms with Crippen molar-refractivity contribution >= 4 is 16.9 Å². The first-order valence-electron chi connectivity index (χ1n) is 10.4. The number of carbonyl (C=O) groups excluding carboxylic acids is 1. The average molecular weight is 406 g/mol. The van der Waals surface area contributed by atoms with Crippen LogP contribution in [0.15, 0.2) is 48.5 Å². The lowest BCUT2D eigenvalue weighted by Crippen LogP contribution is -2.55. The maximum Gasteiger partial charge on any atom is 0.253 e. The van der Waals surface area contributed by atoms with Gasteiger partial charge >= 0.3 is 0 Å². The van der Waals surface area contributed by atoms with Crippen molar-refractivity contribution in [3.8, 4) is 5.69 Å². The summed E-state index contributed by atoms with van der Waals surface area (Å²) in [5.74, 6) is 0.898. The standard InChI is InChI=1S/C23H26N4O3/c1-16-24-19-4-2-3-5-20(19)27(16)18-8-6-17(7-9-18)21(28)25-12-14-26(15-13-25)22(29)23(30)10-11-23/h2-9,22,29-30H,10-15H2,1H3. The second kappa shape index (κ2) is 7.19. The first-order chi connectivity index (χ1) is 14.5. The molecule has 0 radical (unpaired) electrons. The highest BCUT2D eigenvalue weighted by Crippen LogP contribution is 2.39. The molecule has 7 nitrogen and oxygen atoms in total. The molecule has 1 aliphatic carbocycles. The van der Waals surface area contributed by atoms with Crippen LogP contribution in [0.1, 0.15) is 29.0 Å². The van der Waals surface area contributed by atoms with Crippen molar-refractivity contribution in [2.45, 2.75) is 31.6 Å². The lowest BCUT2D eigenvalue weighted by molar-refractivity contribution is -0.108. The number of aliphatic hydroxyl groups excluding tert-OH is 1. The maximum absolute atomic E-state index is 12.9. The minimum absolute atomic E-state index is 0.00645. The molecule has 1 unspecified atom stereocenters. The fourth-order valence-electron chi connectivity index (χ4n) is 4.30. The van der Waals surface area contributed by atoms with Crippen molar-refractivity contribution in [2.24, 2.45) is 0 Å². The molecule has 3 aromatic rings. The average Bonchev–Trinajstić information content (AvgIpc) is 3.44. The van der Waals surface area contributed by atoms with Gasteiger partial charge in [0.2, 0.25) is 0 Å². The van der Waals surface area contributed by atoms with Gasteiger partial charge in [0.15, 0.2) is 0 Å². The van der Waals surface area contributed by atoms with Gasteiger partial charge in [0, 0.05) is 37.4 Å². The Morgan fingerprint density at radius 1 is 1.03 bits per heavy atom. The number of carbonyl (C=O) groups is 1. The molecule has 2 N–H and O–H groups in total. The van der Waals surface area contributed by atoms with Crippen molar-refractivity contribution in [3.05, 3.63) is 59.9 Å². The van der Waals surface area contributed by atoms with E-state index in [0.717, 1.165) is 22.5 Å². The number of aryl methyl sites for hydroxylation is 1. The van der Waals surface area contributed by atoms with Gasteiger partial charge in [-0.2, -0.15) is 0 Å². The van der Waals surface area contributed by atoms with Crippen LogP contribution in [0.25, 0.3) is 16.7 Å². The van der Waals surface area contributed by atoms with Gasteiger partial charge in [-0.3, -0.25) is 14.3 Å². The van der Waals surface area contributed by atoms with Crippen molar-refractivity contribution in [3.63, 3.8) is 0 Å². The number of para-hydroxylation sites is 2. The van der Waals surface area contributed by atoms with Gasteiger partial charge in [0.1, 0.15) is 17.7 Å². The highest BCUT2D eigenvalue weighted by Gasteiger charge is 2.50. The largest absolute Gasteiger partial charge is 0.386 e. The third kappa shape index (κ3) is 3.29. The second-order valence-corrected chi connectivity index (χ2v) is 8.34. The van der Waals surface area contributed by atoms with Crippen molar-refractivity contribution in [1.82, 2.24) is 19.4 Å². The van der Waals surface area contributed by atoms with Crippen LogP contribution in [-0.2, 0) is 0 Å². The summed E-state index contributed by atoms with van der Waals surface area (Å²) in [7, 11) is 0. The maximum atomic E-state index is 12.9. The molecule has 1 saturated heterocycles. The minimum Gasteiger partial charge on any atom is -0.386 e. The van der Waals surface area contributed by atoms with Gasteiger partial charge in [0.25, 0.3) is 5.91 Å². The number of piperazine rings is 1. The zero-order valence-electron chi connectivity index (χ0n) is 17.0. The van der Waals surface area contributed by atoms with Crippen LogP contribution in [-0.4, -0.2) is 73.5 Å². The number of rotatable bonds is 4. The molecule has 1 saturated carbocycles. The smallest absolute Gasteiger partial charge is 0.253 e. The van der Waals surface area contributed by atoms with E-state index >= 15 is 0 Å². The Morgan fingerprint density at radius 3 is 2.37 bits per heavy atom. The van der Waals surface area contributed by atoms with Crippen LogP contribution < -0.4 is 0 Å². The number of aromatic nitrogens is 2.